The lowest BCUT2D eigenvalue weighted by Gasteiger charge is -2.41. The average molecular weight is 345 g/mol. The highest BCUT2D eigenvalue weighted by Crippen LogP contribution is 2.44. The smallest absolute Gasteiger partial charge is 0.191 e. The maximum Gasteiger partial charge on any atom is 0.191 e. The number of fused-ring (bicyclic) bond motifs is 2. The highest BCUT2D eigenvalue weighted by atomic mass is 19.1. The Hall–Kier alpha value is -1.62. The van der Waals surface area contributed by atoms with Gasteiger partial charge >= 0.3 is 0 Å². The summed E-state index contributed by atoms with van der Waals surface area (Å²) in [5.74, 6) is 0.713. The van der Waals surface area contributed by atoms with Gasteiger partial charge in [0, 0.05) is 12.0 Å². The number of aliphatic imine (C=N–C) groups is 1. The van der Waals surface area contributed by atoms with Crippen molar-refractivity contribution in [3.05, 3.63) is 35.6 Å². The predicted molar refractivity (Wildman–Crippen MR) is 97.3 cm³/mol. The fourth-order valence-corrected chi connectivity index (χ4v) is 4.46. The van der Waals surface area contributed by atoms with Gasteiger partial charge in [-0.25, -0.2) is 4.39 Å². The van der Waals surface area contributed by atoms with E-state index in [1.165, 1.54) is 18.4 Å². The molecule has 2 aliphatic heterocycles. The lowest BCUT2D eigenvalue weighted by atomic mass is 9.64. The zero-order valence-electron chi connectivity index (χ0n) is 14.9. The van der Waals surface area contributed by atoms with Crippen molar-refractivity contribution in [3.63, 3.8) is 0 Å². The molecular formula is C20H28FN3O. The molecule has 3 atom stereocenters. The molecule has 2 heterocycles. The number of rotatable bonds is 5. The Morgan fingerprint density at radius 3 is 2.64 bits per heavy atom. The number of hydrogen-bond acceptors (Lipinski definition) is 2. The molecule has 3 fully saturated rings. The van der Waals surface area contributed by atoms with Crippen molar-refractivity contribution in [2.24, 2.45) is 4.99 Å². The fourth-order valence-electron chi connectivity index (χ4n) is 4.46. The number of benzene rings is 1. The van der Waals surface area contributed by atoms with Crippen LogP contribution in [0.3, 0.4) is 0 Å². The maximum absolute atomic E-state index is 13.3. The summed E-state index contributed by atoms with van der Waals surface area (Å²) in [5.41, 5.74) is 1.28. The van der Waals surface area contributed by atoms with Crippen molar-refractivity contribution in [2.75, 3.05) is 13.1 Å². The number of ether oxygens (including phenoxy) is 1. The van der Waals surface area contributed by atoms with Crippen molar-refractivity contribution in [3.8, 4) is 0 Å². The van der Waals surface area contributed by atoms with Crippen LogP contribution in [0.25, 0.3) is 0 Å². The first-order chi connectivity index (χ1) is 12.2. The van der Waals surface area contributed by atoms with Gasteiger partial charge in [-0.2, -0.15) is 0 Å². The van der Waals surface area contributed by atoms with Crippen LogP contribution in [0.2, 0.25) is 0 Å². The van der Waals surface area contributed by atoms with Gasteiger partial charge in [0.25, 0.3) is 0 Å². The molecule has 136 valence electrons. The van der Waals surface area contributed by atoms with Crippen molar-refractivity contribution < 1.29 is 9.13 Å². The summed E-state index contributed by atoms with van der Waals surface area (Å²) >= 11 is 0. The van der Waals surface area contributed by atoms with Gasteiger partial charge in [0.1, 0.15) is 5.82 Å². The highest BCUT2D eigenvalue weighted by Gasteiger charge is 2.42. The van der Waals surface area contributed by atoms with Crippen LogP contribution in [0, 0.1) is 5.82 Å². The predicted octanol–water partition coefficient (Wildman–Crippen LogP) is 3.12. The molecule has 3 unspecified atom stereocenters. The molecule has 2 saturated heterocycles. The van der Waals surface area contributed by atoms with Crippen molar-refractivity contribution in [1.82, 2.24) is 10.6 Å². The lowest BCUT2D eigenvalue weighted by molar-refractivity contribution is 0.0992. The van der Waals surface area contributed by atoms with Crippen LogP contribution in [0.4, 0.5) is 4.39 Å². The number of nitrogens with one attached hydrogen (secondary N) is 2. The van der Waals surface area contributed by atoms with E-state index in [1.54, 1.807) is 12.1 Å². The van der Waals surface area contributed by atoms with Crippen LogP contribution in [-0.2, 0) is 10.2 Å². The van der Waals surface area contributed by atoms with E-state index in [4.69, 9.17) is 9.73 Å². The Labute approximate surface area is 149 Å². The average Bonchev–Trinajstić information content (AvgIpc) is 3.18. The van der Waals surface area contributed by atoms with Gasteiger partial charge in [-0.15, -0.1) is 0 Å². The molecule has 1 aromatic carbocycles. The van der Waals surface area contributed by atoms with E-state index < -0.39 is 0 Å². The monoisotopic (exact) mass is 345 g/mol. The van der Waals surface area contributed by atoms with Crippen LogP contribution in [0.15, 0.2) is 29.3 Å². The molecule has 5 heteroatoms. The number of nitrogens with zero attached hydrogens (tertiary/aromatic N) is 1. The van der Waals surface area contributed by atoms with E-state index in [1.807, 2.05) is 12.1 Å². The molecule has 4 nitrogen and oxygen atoms in total. The summed E-state index contributed by atoms with van der Waals surface area (Å²) in [7, 11) is 0. The largest absolute Gasteiger partial charge is 0.373 e. The zero-order chi connectivity index (χ0) is 17.3. The summed E-state index contributed by atoms with van der Waals surface area (Å²) in [5, 5.41) is 6.96. The Kier molecular flexibility index (Phi) is 4.67. The van der Waals surface area contributed by atoms with Crippen LogP contribution in [0.1, 0.15) is 51.0 Å². The van der Waals surface area contributed by atoms with Crippen molar-refractivity contribution >= 4 is 5.96 Å². The van der Waals surface area contributed by atoms with Crippen LogP contribution >= 0.6 is 0 Å². The molecule has 0 radical (unpaired) electrons. The first-order valence-electron chi connectivity index (χ1n) is 9.65. The number of hydrogen-bond donors (Lipinski definition) is 2. The second-order valence-electron chi connectivity index (χ2n) is 7.70. The normalized spacial score (nSPS) is 30.2. The third-order valence-corrected chi connectivity index (χ3v) is 6.08. The minimum absolute atomic E-state index is 0.0707. The molecule has 0 aromatic heterocycles. The zero-order valence-corrected chi connectivity index (χ0v) is 14.9. The maximum atomic E-state index is 13.3. The Morgan fingerprint density at radius 1 is 1.28 bits per heavy atom. The fraction of sp³-hybridized carbons (Fsp3) is 0.650. The summed E-state index contributed by atoms with van der Waals surface area (Å²) in [6, 6.07) is 7.35. The molecule has 3 aliphatic rings. The van der Waals surface area contributed by atoms with Gasteiger partial charge < -0.3 is 15.4 Å². The van der Waals surface area contributed by atoms with E-state index in [0.29, 0.717) is 18.2 Å². The quantitative estimate of drug-likeness (QED) is 0.637. The van der Waals surface area contributed by atoms with Crippen LogP contribution < -0.4 is 10.6 Å². The number of halogens is 1. The van der Waals surface area contributed by atoms with Gasteiger partial charge in [0.05, 0.1) is 24.8 Å². The van der Waals surface area contributed by atoms with Crippen LogP contribution in [0.5, 0.6) is 0 Å². The second-order valence-corrected chi connectivity index (χ2v) is 7.70. The van der Waals surface area contributed by atoms with Gasteiger partial charge in [-0.05, 0) is 56.7 Å². The molecule has 2 bridgehead atoms. The third-order valence-electron chi connectivity index (χ3n) is 6.08. The molecule has 4 rings (SSSR count). The van der Waals surface area contributed by atoms with Gasteiger partial charge in [-0.1, -0.05) is 18.6 Å². The SMILES string of the molecule is CCNC(=NCC1(c2ccc(F)cc2)CCC1)NC1CC2CCC1O2. The van der Waals surface area contributed by atoms with Crippen molar-refractivity contribution in [1.29, 1.82) is 0 Å². The lowest BCUT2D eigenvalue weighted by Crippen LogP contribution is -2.48. The minimum Gasteiger partial charge on any atom is -0.373 e. The minimum atomic E-state index is -0.173. The molecule has 2 N–H and O–H groups in total. The Bertz CT molecular complexity index is 626. The second kappa shape index (κ2) is 6.94. The van der Waals surface area contributed by atoms with Gasteiger partial charge in [0.2, 0.25) is 0 Å². The van der Waals surface area contributed by atoms with Gasteiger partial charge in [0.15, 0.2) is 5.96 Å². The molecule has 0 amide bonds. The summed E-state index contributed by atoms with van der Waals surface area (Å²) in [4.78, 5) is 4.90. The first-order valence-corrected chi connectivity index (χ1v) is 9.65. The summed E-state index contributed by atoms with van der Waals surface area (Å²) in [6.07, 6.45) is 7.67. The van der Waals surface area contributed by atoms with Gasteiger partial charge in [-0.3, -0.25) is 4.99 Å². The molecular weight excluding hydrogens is 317 g/mol. The Morgan fingerprint density at radius 2 is 2.08 bits per heavy atom. The topological polar surface area (TPSA) is 45.7 Å². The molecule has 0 spiro atoms. The summed E-state index contributed by atoms with van der Waals surface area (Å²) < 4.78 is 19.2. The van der Waals surface area contributed by atoms with E-state index in [9.17, 15) is 4.39 Å². The highest BCUT2D eigenvalue weighted by molar-refractivity contribution is 5.80. The third kappa shape index (κ3) is 3.39. The van der Waals surface area contributed by atoms with E-state index in [0.717, 1.165) is 44.7 Å². The van der Waals surface area contributed by atoms with Crippen LogP contribution in [-0.4, -0.2) is 37.3 Å². The molecule has 1 aromatic rings. The molecule has 25 heavy (non-hydrogen) atoms. The first kappa shape index (κ1) is 16.8. The summed E-state index contributed by atoms with van der Waals surface area (Å²) in [6.45, 7) is 3.68. The van der Waals surface area contributed by atoms with E-state index in [2.05, 4.69) is 17.6 Å². The number of guanidine groups is 1. The molecule has 1 aliphatic carbocycles. The Balaban J connectivity index is 1.45. The van der Waals surface area contributed by atoms with Crippen molar-refractivity contribution in [2.45, 2.75) is 69.1 Å². The van der Waals surface area contributed by atoms with E-state index in [-0.39, 0.29) is 11.2 Å². The molecule has 1 saturated carbocycles. The van der Waals surface area contributed by atoms with E-state index >= 15 is 0 Å². The standard InChI is InChI=1S/C20H28FN3O/c1-2-22-19(24-17-12-16-8-9-18(17)25-16)23-13-20(10-3-11-20)14-4-6-15(21)7-5-14/h4-7,16-18H,2-3,8-13H2,1H3,(H2,22,23,24).